The lowest BCUT2D eigenvalue weighted by Gasteiger charge is -2.12. The van der Waals surface area contributed by atoms with Gasteiger partial charge in [-0.15, -0.1) is 0 Å². The van der Waals surface area contributed by atoms with E-state index in [4.69, 9.17) is 14.2 Å². The summed E-state index contributed by atoms with van der Waals surface area (Å²) in [4.78, 5) is 22.9. The fourth-order valence-electron chi connectivity index (χ4n) is 1.72. The molecule has 2 N–H and O–H groups in total. The van der Waals surface area contributed by atoms with Crippen LogP contribution in [0.25, 0.3) is 0 Å². The van der Waals surface area contributed by atoms with E-state index in [0.29, 0.717) is 22.8 Å². The molecule has 0 aromatic heterocycles. The van der Waals surface area contributed by atoms with Crippen LogP contribution in [0.15, 0.2) is 17.2 Å². The maximum atomic E-state index is 11.5. The van der Waals surface area contributed by atoms with Crippen molar-refractivity contribution < 1.29 is 23.8 Å². The van der Waals surface area contributed by atoms with Crippen molar-refractivity contribution in [2.24, 2.45) is 5.10 Å². The number of ether oxygens (including phenoxy) is 3. The molecule has 0 bridgehead atoms. The van der Waals surface area contributed by atoms with Crippen LogP contribution in [0.4, 0.5) is 0 Å². The molecule has 0 heterocycles. The quantitative estimate of drug-likeness (QED) is 0.456. The Morgan fingerprint density at radius 3 is 2.04 bits per heavy atom. The monoisotopic (exact) mass is 323 g/mol. The van der Waals surface area contributed by atoms with E-state index in [9.17, 15) is 9.59 Å². The molecule has 0 spiro atoms. The first kappa shape index (κ1) is 18.3. The van der Waals surface area contributed by atoms with Crippen molar-refractivity contribution in [3.63, 3.8) is 0 Å². The molecule has 0 fully saturated rings. The van der Waals surface area contributed by atoms with Crippen molar-refractivity contribution in [3.05, 3.63) is 17.7 Å². The lowest BCUT2D eigenvalue weighted by Crippen LogP contribution is -2.41. The average molecular weight is 323 g/mol. The van der Waals surface area contributed by atoms with Gasteiger partial charge in [0.25, 0.3) is 0 Å². The van der Waals surface area contributed by atoms with E-state index in [1.165, 1.54) is 27.5 Å². The number of nitrogens with one attached hydrogen (secondary N) is 2. The molecular formula is C15H21N3O5. The molecule has 1 aromatic carbocycles. The maximum Gasteiger partial charge on any atom is 0.329 e. The summed E-state index contributed by atoms with van der Waals surface area (Å²) in [6, 6.07) is 3.18. The highest BCUT2D eigenvalue weighted by molar-refractivity contribution is 6.35. The number of hydrazone groups is 1. The first-order chi connectivity index (χ1) is 10.9. The molecule has 0 atom stereocenters. The van der Waals surface area contributed by atoms with Crippen LogP contribution in [0.1, 0.15) is 19.4 Å². The van der Waals surface area contributed by atoms with Crippen molar-refractivity contribution in [3.8, 4) is 17.2 Å². The van der Waals surface area contributed by atoms with E-state index in [1.54, 1.807) is 26.0 Å². The predicted molar refractivity (Wildman–Crippen MR) is 85.1 cm³/mol. The van der Waals surface area contributed by atoms with Crippen molar-refractivity contribution in [2.45, 2.75) is 19.9 Å². The van der Waals surface area contributed by atoms with Gasteiger partial charge in [-0.3, -0.25) is 9.59 Å². The van der Waals surface area contributed by atoms with Gasteiger partial charge in [0.2, 0.25) is 5.75 Å². The zero-order valence-electron chi connectivity index (χ0n) is 13.8. The second-order valence-corrected chi connectivity index (χ2v) is 4.79. The van der Waals surface area contributed by atoms with Crippen molar-refractivity contribution in [1.29, 1.82) is 0 Å². The van der Waals surface area contributed by atoms with Gasteiger partial charge in [0.05, 0.1) is 27.5 Å². The number of carbonyl (C=O) groups is 2. The Morgan fingerprint density at radius 1 is 1.04 bits per heavy atom. The number of nitrogens with zero attached hydrogens (tertiary/aromatic N) is 1. The van der Waals surface area contributed by atoms with E-state index in [2.05, 4.69) is 15.8 Å². The SMILES string of the molecule is COc1cc(/C=N/NC(=O)C(=O)NC(C)C)cc(OC)c1OC. The van der Waals surface area contributed by atoms with E-state index in [1.807, 2.05) is 0 Å². The number of methoxy groups -OCH3 is 3. The van der Waals surface area contributed by atoms with Gasteiger partial charge in [-0.05, 0) is 26.0 Å². The number of hydrogen-bond acceptors (Lipinski definition) is 6. The van der Waals surface area contributed by atoms with E-state index >= 15 is 0 Å². The largest absolute Gasteiger partial charge is 0.493 e. The second-order valence-electron chi connectivity index (χ2n) is 4.79. The smallest absolute Gasteiger partial charge is 0.329 e. The van der Waals surface area contributed by atoms with Gasteiger partial charge >= 0.3 is 11.8 Å². The fraction of sp³-hybridized carbons (Fsp3) is 0.400. The van der Waals surface area contributed by atoms with E-state index in [-0.39, 0.29) is 6.04 Å². The van der Waals surface area contributed by atoms with Crippen LogP contribution >= 0.6 is 0 Å². The Hall–Kier alpha value is -2.77. The van der Waals surface area contributed by atoms with E-state index in [0.717, 1.165) is 0 Å². The highest BCUT2D eigenvalue weighted by Crippen LogP contribution is 2.37. The van der Waals surface area contributed by atoms with E-state index < -0.39 is 11.8 Å². The standard InChI is InChI=1S/C15H21N3O5/c1-9(2)17-14(19)15(20)18-16-8-10-6-11(21-3)13(23-5)12(7-10)22-4/h6-9H,1-5H3,(H,17,19)(H,18,20)/b16-8+. The number of rotatable bonds is 6. The zero-order valence-corrected chi connectivity index (χ0v) is 13.8. The Labute approximate surface area is 134 Å². The molecule has 0 saturated heterocycles. The second kappa shape index (κ2) is 8.62. The lowest BCUT2D eigenvalue weighted by molar-refractivity contribution is -0.139. The summed E-state index contributed by atoms with van der Waals surface area (Å²) in [5.41, 5.74) is 2.75. The number of benzene rings is 1. The normalized spacial score (nSPS) is 10.5. The molecule has 23 heavy (non-hydrogen) atoms. The summed E-state index contributed by atoms with van der Waals surface area (Å²) >= 11 is 0. The summed E-state index contributed by atoms with van der Waals surface area (Å²) < 4.78 is 15.6. The summed E-state index contributed by atoms with van der Waals surface area (Å²) in [6.07, 6.45) is 1.37. The molecular weight excluding hydrogens is 302 g/mol. The first-order valence-electron chi connectivity index (χ1n) is 6.86. The highest BCUT2D eigenvalue weighted by atomic mass is 16.5. The third-order valence-corrected chi connectivity index (χ3v) is 2.69. The van der Waals surface area contributed by atoms with Crippen LogP contribution in [0.2, 0.25) is 0 Å². The molecule has 0 radical (unpaired) electrons. The molecule has 0 aliphatic heterocycles. The van der Waals surface area contributed by atoms with Crippen molar-refractivity contribution in [2.75, 3.05) is 21.3 Å². The molecule has 0 saturated carbocycles. The van der Waals surface area contributed by atoms with Gasteiger partial charge < -0.3 is 19.5 Å². The Bertz CT molecular complexity index is 574. The summed E-state index contributed by atoms with van der Waals surface area (Å²) in [6.45, 7) is 3.51. The minimum Gasteiger partial charge on any atom is -0.493 e. The average Bonchev–Trinajstić information content (AvgIpc) is 2.52. The Balaban J connectivity index is 2.84. The van der Waals surface area contributed by atoms with Crippen LogP contribution < -0.4 is 25.0 Å². The molecule has 0 aliphatic carbocycles. The third kappa shape index (κ3) is 5.17. The minimum atomic E-state index is -0.845. The molecule has 1 aromatic rings. The topological polar surface area (TPSA) is 98.2 Å². The van der Waals surface area contributed by atoms with Gasteiger partial charge in [0.15, 0.2) is 11.5 Å². The minimum absolute atomic E-state index is 0.132. The molecule has 126 valence electrons. The van der Waals surface area contributed by atoms with Gasteiger partial charge in [-0.25, -0.2) is 5.43 Å². The third-order valence-electron chi connectivity index (χ3n) is 2.69. The first-order valence-corrected chi connectivity index (χ1v) is 6.86. The molecule has 0 unspecified atom stereocenters. The van der Waals surface area contributed by atoms with Crippen LogP contribution in [-0.4, -0.2) is 45.4 Å². The molecule has 8 heteroatoms. The summed E-state index contributed by atoms with van der Waals surface area (Å²) in [5.74, 6) is -0.230. The zero-order chi connectivity index (χ0) is 17.4. The molecule has 2 amide bonds. The number of hydrogen-bond donors (Lipinski definition) is 2. The van der Waals surface area contributed by atoms with Gasteiger partial charge in [0, 0.05) is 11.6 Å². The highest BCUT2D eigenvalue weighted by Gasteiger charge is 2.14. The van der Waals surface area contributed by atoms with Crippen LogP contribution in [0, 0.1) is 0 Å². The fourth-order valence-corrected chi connectivity index (χ4v) is 1.72. The predicted octanol–water partition coefficient (Wildman–Crippen LogP) is 0.687. The maximum absolute atomic E-state index is 11.5. The van der Waals surface area contributed by atoms with Crippen LogP contribution in [0.5, 0.6) is 17.2 Å². The molecule has 8 nitrogen and oxygen atoms in total. The Morgan fingerprint density at radius 2 is 1.61 bits per heavy atom. The molecule has 0 aliphatic rings. The Kier molecular flexibility index (Phi) is 6.85. The van der Waals surface area contributed by atoms with Crippen molar-refractivity contribution in [1.82, 2.24) is 10.7 Å². The lowest BCUT2D eigenvalue weighted by atomic mass is 10.2. The molecule has 1 rings (SSSR count). The summed E-state index contributed by atoms with van der Waals surface area (Å²) in [5, 5.41) is 6.20. The summed E-state index contributed by atoms with van der Waals surface area (Å²) in [7, 11) is 4.49. The number of amides is 2. The van der Waals surface area contributed by atoms with Crippen LogP contribution in [0.3, 0.4) is 0 Å². The van der Waals surface area contributed by atoms with Gasteiger partial charge in [0.1, 0.15) is 0 Å². The van der Waals surface area contributed by atoms with Gasteiger partial charge in [-0.1, -0.05) is 0 Å². The van der Waals surface area contributed by atoms with Crippen LogP contribution in [-0.2, 0) is 9.59 Å². The van der Waals surface area contributed by atoms with Crippen molar-refractivity contribution >= 4 is 18.0 Å². The van der Waals surface area contributed by atoms with Gasteiger partial charge in [-0.2, -0.15) is 5.10 Å². The number of carbonyl (C=O) groups excluding carboxylic acids is 2.